The molecule has 0 amide bonds. The van der Waals surface area contributed by atoms with Crippen molar-refractivity contribution >= 4 is 5.82 Å². The molecule has 0 spiro atoms. The van der Waals surface area contributed by atoms with Gasteiger partial charge in [0.05, 0.1) is 6.10 Å². The fourth-order valence-electron chi connectivity index (χ4n) is 2.43. The summed E-state index contributed by atoms with van der Waals surface area (Å²) in [6, 6.07) is 4.27. The average Bonchev–Trinajstić information content (AvgIpc) is 2.29. The Kier molecular flexibility index (Phi) is 3.64. The number of rotatable bonds is 2. The summed E-state index contributed by atoms with van der Waals surface area (Å²) >= 11 is 0. The SMILES string of the molecule is CC1CN(C)CCN1c1ncccc1[C@@H](C)O. The molecule has 4 nitrogen and oxygen atoms in total. The quantitative estimate of drug-likeness (QED) is 0.838. The Morgan fingerprint density at radius 3 is 2.88 bits per heavy atom. The van der Waals surface area contributed by atoms with E-state index in [1.165, 1.54) is 0 Å². The lowest BCUT2D eigenvalue weighted by Gasteiger charge is -2.40. The van der Waals surface area contributed by atoms with Crippen LogP contribution in [-0.2, 0) is 0 Å². The second kappa shape index (κ2) is 5.02. The highest BCUT2D eigenvalue weighted by Crippen LogP contribution is 2.26. The summed E-state index contributed by atoms with van der Waals surface area (Å²) in [6.07, 6.45) is 1.33. The fourth-order valence-corrected chi connectivity index (χ4v) is 2.43. The highest BCUT2D eigenvalue weighted by atomic mass is 16.3. The van der Waals surface area contributed by atoms with E-state index in [0.29, 0.717) is 6.04 Å². The van der Waals surface area contributed by atoms with Crippen molar-refractivity contribution in [1.82, 2.24) is 9.88 Å². The van der Waals surface area contributed by atoms with Crippen LogP contribution in [0.3, 0.4) is 0 Å². The molecule has 0 saturated carbocycles. The zero-order valence-electron chi connectivity index (χ0n) is 10.8. The summed E-state index contributed by atoms with van der Waals surface area (Å²) in [5.74, 6) is 0.933. The molecule has 1 unspecified atom stereocenters. The van der Waals surface area contributed by atoms with Crippen molar-refractivity contribution in [3.8, 4) is 0 Å². The Bertz CT molecular complexity index is 381. The minimum absolute atomic E-state index is 0.432. The van der Waals surface area contributed by atoms with Crippen molar-refractivity contribution in [1.29, 1.82) is 0 Å². The highest BCUT2D eigenvalue weighted by molar-refractivity contribution is 5.49. The lowest BCUT2D eigenvalue weighted by atomic mass is 10.1. The van der Waals surface area contributed by atoms with Gasteiger partial charge in [-0.3, -0.25) is 0 Å². The monoisotopic (exact) mass is 235 g/mol. The standard InChI is InChI=1S/C13H21N3O/c1-10-9-15(3)7-8-16(10)13-12(11(2)17)5-4-6-14-13/h4-6,10-11,17H,7-9H2,1-3H3/t10?,11-/m1/s1. The normalized spacial score (nSPS) is 23.8. The van der Waals surface area contributed by atoms with Gasteiger partial charge in [0.25, 0.3) is 0 Å². The Balaban J connectivity index is 2.27. The van der Waals surface area contributed by atoms with Crippen molar-refractivity contribution in [2.45, 2.75) is 26.0 Å². The lowest BCUT2D eigenvalue weighted by Crippen LogP contribution is -2.51. The van der Waals surface area contributed by atoms with Crippen LogP contribution >= 0.6 is 0 Å². The summed E-state index contributed by atoms with van der Waals surface area (Å²) in [4.78, 5) is 9.07. The van der Waals surface area contributed by atoms with Crippen LogP contribution in [-0.4, -0.2) is 47.7 Å². The molecule has 2 heterocycles. The summed E-state index contributed by atoms with van der Waals surface area (Å²) in [6.45, 7) is 7.04. The fraction of sp³-hybridized carbons (Fsp3) is 0.615. The third-order valence-corrected chi connectivity index (χ3v) is 3.37. The number of anilines is 1. The Labute approximate surface area is 103 Å². The van der Waals surface area contributed by atoms with Gasteiger partial charge in [-0.05, 0) is 27.0 Å². The third-order valence-electron chi connectivity index (χ3n) is 3.37. The summed E-state index contributed by atoms with van der Waals surface area (Å²) in [7, 11) is 2.14. The predicted octanol–water partition coefficient (Wildman–Crippen LogP) is 1.28. The molecule has 94 valence electrons. The molecule has 1 aromatic rings. The van der Waals surface area contributed by atoms with Crippen LogP contribution < -0.4 is 4.90 Å². The minimum Gasteiger partial charge on any atom is -0.389 e. The van der Waals surface area contributed by atoms with E-state index in [1.54, 1.807) is 13.1 Å². The van der Waals surface area contributed by atoms with Gasteiger partial charge < -0.3 is 14.9 Å². The van der Waals surface area contributed by atoms with E-state index in [2.05, 4.69) is 28.8 Å². The van der Waals surface area contributed by atoms with E-state index in [9.17, 15) is 5.11 Å². The van der Waals surface area contributed by atoms with Crippen LogP contribution in [0.15, 0.2) is 18.3 Å². The molecule has 4 heteroatoms. The maximum absolute atomic E-state index is 9.80. The van der Waals surface area contributed by atoms with E-state index in [4.69, 9.17) is 0 Å². The molecule has 0 radical (unpaired) electrons. The molecule has 1 fully saturated rings. The number of nitrogens with zero attached hydrogens (tertiary/aromatic N) is 3. The first kappa shape index (κ1) is 12.3. The molecular weight excluding hydrogens is 214 g/mol. The number of aromatic nitrogens is 1. The van der Waals surface area contributed by atoms with Gasteiger partial charge >= 0.3 is 0 Å². The number of hydrogen-bond acceptors (Lipinski definition) is 4. The van der Waals surface area contributed by atoms with Gasteiger partial charge in [0.15, 0.2) is 0 Å². The Hall–Kier alpha value is -1.13. The number of aliphatic hydroxyl groups is 1. The van der Waals surface area contributed by atoms with Gasteiger partial charge in [0.2, 0.25) is 0 Å². The van der Waals surface area contributed by atoms with Crippen molar-refractivity contribution in [3.05, 3.63) is 23.9 Å². The molecule has 1 aliphatic heterocycles. The molecule has 0 bridgehead atoms. The van der Waals surface area contributed by atoms with Gasteiger partial charge in [0, 0.05) is 37.4 Å². The Morgan fingerprint density at radius 1 is 1.47 bits per heavy atom. The second-order valence-electron chi connectivity index (χ2n) is 4.90. The molecule has 2 atom stereocenters. The van der Waals surface area contributed by atoms with Gasteiger partial charge in [-0.1, -0.05) is 6.07 Å². The predicted molar refractivity (Wildman–Crippen MR) is 69.2 cm³/mol. The van der Waals surface area contributed by atoms with Gasteiger partial charge in [0.1, 0.15) is 5.82 Å². The van der Waals surface area contributed by atoms with Crippen LogP contribution in [0, 0.1) is 0 Å². The summed E-state index contributed by atoms with van der Waals surface area (Å²) in [5.41, 5.74) is 0.920. The maximum Gasteiger partial charge on any atom is 0.134 e. The van der Waals surface area contributed by atoms with E-state index in [0.717, 1.165) is 31.0 Å². The molecule has 17 heavy (non-hydrogen) atoms. The number of likely N-dealkylation sites (N-methyl/N-ethyl adjacent to an activating group) is 1. The molecule has 1 N–H and O–H groups in total. The zero-order valence-corrected chi connectivity index (χ0v) is 10.8. The van der Waals surface area contributed by atoms with Gasteiger partial charge in [-0.25, -0.2) is 4.98 Å². The van der Waals surface area contributed by atoms with Crippen molar-refractivity contribution in [3.63, 3.8) is 0 Å². The van der Waals surface area contributed by atoms with E-state index in [-0.39, 0.29) is 0 Å². The van der Waals surface area contributed by atoms with Crippen LogP contribution in [0.25, 0.3) is 0 Å². The zero-order chi connectivity index (χ0) is 12.4. The highest BCUT2D eigenvalue weighted by Gasteiger charge is 2.25. The number of aliphatic hydroxyl groups excluding tert-OH is 1. The molecule has 0 aromatic carbocycles. The number of hydrogen-bond donors (Lipinski definition) is 1. The minimum atomic E-state index is -0.467. The van der Waals surface area contributed by atoms with Gasteiger partial charge in [-0.2, -0.15) is 0 Å². The summed E-state index contributed by atoms with van der Waals surface area (Å²) in [5, 5.41) is 9.80. The first-order valence-corrected chi connectivity index (χ1v) is 6.17. The molecular formula is C13H21N3O. The number of pyridine rings is 1. The Morgan fingerprint density at radius 2 is 2.24 bits per heavy atom. The van der Waals surface area contributed by atoms with Gasteiger partial charge in [-0.15, -0.1) is 0 Å². The van der Waals surface area contributed by atoms with Crippen molar-refractivity contribution < 1.29 is 5.11 Å². The molecule has 1 aliphatic rings. The molecule has 0 aliphatic carbocycles. The van der Waals surface area contributed by atoms with Crippen molar-refractivity contribution in [2.75, 3.05) is 31.6 Å². The third kappa shape index (κ3) is 2.58. The molecule has 1 aromatic heterocycles. The largest absolute Gasteiger partial charge is 0.389 e. The van der Waals surface area contributed by atoms with E-state index >= 15 is 0 Å². The topological polar surface area (TPSA) is 39.6 Å². The molecule has 1 saturated heterocycles. The van der Waals surface area contributed by atoms with E-state index in [1.807, 2.05) is 12.1 Å². The van der Waals surface area contributed by atoms with E-state index < -0.39 is 6.10 Å². The first-order chi connectivity index (χ1) is 8.09. The number of piperazine rings is 1. The van der Waals surface area contributed by atoms with Crippen LogP contribution in [0.5, 0.6) is 0 Å². The average molecular weight is 235 g/mol. The molecule has 2 rings (SSSR count). The first-order valence-electron chi connectivity index (χ1n) is 6.17. The van der Waals surface area contributed by atoms with Crippen LogP contribution in [0.1, 0.15) is 25.5 Å². The maximum atomic E-state index is 9.80. The van der Waals surface area contributed by atoms with Crippen LogP contribution in [0.2, 0.25) is 0 Å². The summed E-state index contributed by atoms with van der Waals surface area (Å²) < 4.78 is 0. The lowest BCUT2D eigenvalue weighted by molar-refractivity contribution is 0.198. The van der Waals surface area contributed by atoms with Crippen LogP contribution in [0.4, 0.5) is 5.82 Å². The van der Waals surface area contributed by atoms with Crippen molar-refractivity contribution in [2.24, 2.45) is 0 Å². The second-order valence-corrected chi connectivity index (χ2v) is 4.90. The smallest absolute Gasteiger partial charge is 0.134 e.